The number of aromatic carboxylic acids is 1. The number of piperidine rings is 1. The molecule has 1 aliphatic heterocycles. The van der Waals surface area contributed by atoms with Crippen molar-refractivity contribution >= 4 is 5.97 Å². The molecule has 98 valence electrons. The monoisotopic (exact) mass is 255 g/mol. The van der Waals surface area contributed by atoms with E-state index in [1.165, 1.54) is 0 Å². The van der Waals surface area contributed by atoms with Crippen LogP contribution in [0.4, 0.5) is 8.78 Å². The van der Waals surface area contributed by atoms with Crippen LogP contribution in [-0.4, -0.2) is 24.2 Å². The first-order valence-corrected chi connectivity index (χ1v) is 6.00. The Morgan fingerprint density at radius 1 is 1.39 bits per heavy atom. The lowest BCUT2D eigenvalue weighted by Crippen LogP contribution is -2.31. The maximum atomic E-state index is 13.6. The van der Waals surface area contributed by atoms with Crippen molar-refractivity contribution in [3.8, 4) is 0 Å². The van der Waals surface area contributed by atoms with Crippen LogP contribution in [0.15, 0.2) is 12.1 Å². The van der Waals surface area contributed by atoms with Gasteiger partial charge in [0.2, 0.25) is 0 Å². The Morgan fingerprint density at radius 2 is 2.17 bits per heavy atom. The van der Waals surface area contributed by atoms with E-state index in [0.717, 1.165) is 32.0 Å². The minimum absolute atomic E-state index is 0.278. The van der Waals surface area contributed by atoms with Gasteiger partial charge in [-0.05, 0) is 49.9 Å². The third-order valence-corrected chi connectivity index (χ3v) is 3.27. The molecule has 2 N–H and O–H groups in total. The van der Waals surface area contributed by atoms with Crippen molar-refractivity contribution in [1.29, 1.82) is 0 Å². The zero-order valence-electron chi connectivity index (χ0n) is 9.88. The smallest absolute Gasteiger partial charge is 0.338 e. The third kappa shape index (κ3) is 2.85. The summed E-state index contributed by atoms with van der Waals surface area (Å²) in [6.45, 7) is 1.75. The highest BCUT2D eigenvalue weighted by atomic mass is 19.1. The minimum atomic E-state index is -1.37. The van der Waals surface area contributed by atoms with E-state index in [1.807, 2.05) is 0 Å². The number of rotatable bonds is 3. The highest BCUT2D eigenvalue weighted by Crippen LogP contribution is 2.21. The van der Waals surface area contributed by atoms with Gasteiger partial charge in [-0.1, -0.05) is 0 Å². The van der Waals surface area contributed by atoms with Crippen LogP contribution in [0.25, 0.3) is 0 Å². The molecule has 1 aliphatic rings. The molecule has 1 aromatic rings. The Bertz CT molecular complexity index is 457. The first kappa shape index (κ1) is 13.0. The van der Waals surface area contributed by atoms with E-state index in [2.05, 4.69) is 5.32 Å². The Hall–Kier alpha value is -1.49. The van der Waals surface area contributed by atoms with Crippen molar-refractivity contribution in [2.45, 2.75) is 19.3 Å². The maximum Gasteiger partial charge on any atom is 0.338 e. The number of carboxylic acid groups (broad SMARTS) is 1. The molecule has 5 heteroatoms. The minimum Gasteiger partial charge on any atom is -0.478 e. The molecule has 0 amide bonds. The van der Waals surface area contributed by atoms with Gasteiger partial charge < -0.3 is 10.4 Å². The summed E-state index contributed by atoms with van der Waals surface area (Å²) < 4.78 is 26.8. The fourth-order valence-corrected chi connectivity index (χ4v) is 2.32. The van der Waals surface area contributed by atoms with E-state index >= 15 is 0 Å². The Morgan fingerprint density at radius 3 is 2.78 bits per heavy atom. The van der Waals surface area contributed by atoms with Gasteiger partial charge in [0.05, 0.1) is 5.56 Å². The molecule has 0 aliphatic carbocycles. The Balaban J connectivity index is 2.21. The molecule has 1 aromatic carbocycles. The van der Waals surface area contributed by atoms with Crippen LogP contribution in [0.1, 0.15) is 28.8 Å². The summed E-state index contributed by atoms with van der Waals surface area (Å²) in [4.78, 5) is 10.8. The molecule has 0 bridgehead atoms. The molecule has 3 nitrogen and oxygen atoms in total. The number of hydrogen-bond donors (Lipinski definition) is 2. The Kier molecular flexibility index (Phi) is 3.91. The average Bonchev–Trinajstić information content (AvgIpc) is 2.33. The second kappa shape index (κ2) is 5.44. The van der Waals surface area contributed by atoms with Gasteiger partial charge in [-0.3, -0.25) is 0 Å². The zero-order valence-corrected chi connectivity index (χ0v) is 9.88. The topological polar surface area (TPSA) is 49.3 Å². The van der Waals surface area contributed by atoms with Crippen LogP contribution in [0.2, 0.25) is 0 Å². The molecule has 1 unspecified atom stereocenters. The van der Waals surface area contributed by atoms with Gasteiger partial charge in [0.15, 0.2) is 0 Å². The first-order chi connectivity index (χ1) is 8.58. The van der Waals surface area contributed by atoms with Crippen LogP contribution in [0, 0.1) is 17.6 Å². The molecule has 1 saturated heterocycles. The van der Waals surface area contributed by atoms with Gasteiger partial charge in [0, 0.05) is 6.07 Å². The van der Waals surface area contributed by atoms with Crippen LogP contribution in [0.3, 0.4) is 0 Å². The van der Waals surface area contributed by atoms with E-state index in [-0.39, 0.29) is 11.5 Å². The predicted molar refractivity (Wildman–Crippen MR) is 62.6 cm³/mol. The van der Waals surface area contributed by atoms with Crippen molar-refractivity contribution < 1.29 is 18.7 Å². The van der Waals surface area contributed by atoms with E-state index in [1.54, 1.807) is 0 Å². The molecule has 0 aromatic heterocycles. The van der Waals surface area contributed by atoms with Crippen LogP contribution in [0.5, 0.6) is 0 Å². The molecular weight excluding hydrogens is 240 g/mol. The summed E-state index contributed by atoms with van der Waals surface area (Å²) in [5.74, 6) is -2.77. The van der Waals surface area contributed by atoms with E-state index in [9.17, 15) is 13.6 Å². The van der Waals surface area contributed by atoms with Gasteiger partial charge in [-0.2, -0.15) is 0 Å². The lowest BCUT2D eigenvalue weighted by molar-refractivity contribution is 0.0691. The van der Waals surface area contributed by atoms with Gasteiger partial charge in [-0.25, -0.2) is 13.6 Å². The lowest BCUT2D eigenvalue weighted by atomic mass is 9.91. The number of carbonyl (C=O) groups is 1. The van der Waals surface area contributed by atoms with Crippen LogP contribution >= 0.6 is 0 Å². The van der Waals surface area contributed by atoms with Gasteiger partial charge in [0.25, 0.3) is 0 Å². The number of nitrogens with one attached hydrogen (secondary N) is 1. The van der Waals surface area contributed by atoms with Crippen molar-refractivity contribution in [3.05, 3.63) is 34.9 Å². The number of hydrogen-bond acceptors (Lipinski definition) is 2. The number of benzene rings is 1. The summed E-state index contributed by atoms with van der Waals surface area (Å²) in [6, 6.07) is 1.77. The normalized spacial score (nSPS) is 19.8. The molecule has 2 rings (SSSR count). The average molecular weight is 255 g/mol. The first-order valence-electron chi connectivity index (χ1n) is 6.00. The van der Waals surface area contributed by atoms with Crippen molar-refractivity contribution in [2.24, 2.45) is 5.92 Å². The highest BCUT2D eigenvalue weighted by Gasteiger charge is 2.19. The standard InChI is InChI=1S/C13H15F2NO2/c14-11-6-12(15)10(13(17)18)5-9(11)4-8-2-1-3-16-7-8/h5-6,8,16H,1-4,7H2,(H,17,18). The van der Waals surface area contributed by atoms with Crippen LogP contribution in [-0.2, 0) is 6.42 Å². The zero-order chi connectivity index (χ0) is 13.1. The molecule has 18 heavy (non-hydrogen) atoms. The third-order valence-electron chi connectivity index (χ3n) is 3.27. The van der Waals surface area contributed by atoms with Crippen molar-refractivity contribution in [2.75, 3.05) is 13.1 Å². The Labute approximate surface area is 104 Å². The van der Waals surface area contributed by atoms with Gasteiger partial charge >= 0.3 is 5.97 Å². The van der Waals surface area contributed by atoms with Crippen molar-refractivity contribution in [1.82, 2.24) is 5.32 Å². The molecule has 1 heterocycles. The summed E-state index contributed by atoms with van der Waals surface area (Å²) >= 11 is 0. The summed E-state index contributed by atoms with van der Waals surface area (Å²) in [5, 5.41) is 12.0. The molecule has 0 saturated carbocycles. The van der Waals surface area contributed by atoms with Gasteiger partial charge in [0.1, 0.15) is 11.6 Å². The number of carboxylic acids is 1. The molecule has 0 radical (unpaired) electrons. The van der Waals surface area contributed by atoms with Crippen molar-refractivity contribution in [3.63, 3.8) is 0 Å². The van der Waals surface area contributed by atoms with E-state index in [4.69, 9.17) is 5.11 Å². The summed E-state index contributed by atoms with van der Waals surface area (Å²) in [5.41, 5.74) is -0.183. The fourth-order valence-electron chi connectivity index (χ4n) is 2.32. The largest absolute Gasteiger partial charge is 0.478 e. The predicted octanol–water partition coefficient (Wildman–Crippen LogP) is 2.21. The maximum absolute atomic E-state index is 13.6. The molecule has 1 atom stereocenters. The van der Waals surface area contributed by atoms with Crippen LogP contribution < -0.4 is 5.32 Å². The lowest BCUT2D eigenvalue weighted by Gasteiger charge is -2.23. The molecular formula is C13H15F2NO2. The van der Waals surface area contributed by atoms with Gasteiger partial charge in [-0.15, -0.1) is 0 Å². The fraction of sp³-hybridized carbons (Fsp3) is 0.462. The molecule has 1 fully saturated rings. The SMILES string of the molecule is O=C(O)c1cc(CC2CCCNC2)c(F)cc1F. The number of halogens is 2. The van der Waals surface area contributed by atoms with E-state index in [0.29, 0.717) is 12.5 Å². The van der Waals surface area contributed by atoms with E-state index < -0.39 is 23.2 Å². The summed E-state index contributed by atoms with van der Waals surface area (Å²) in [6.07, 6.45) is 2.45. The second-order valence-corrected chi connectivity index (χ2v) is 4.65. The quantitative estimate of drug-likeness (QED) is 0.870. The molecule has 0 spiro atoms. The highest BCUT2D eigenvalue weighted by molar-refractivity contribution is 5.88. The summed E-state index contributed by atoms with van der Waals surface area (Å²) in [7, 11) is 0. The second-order valence-electron chi connectivity index (χ2n) is 4.65.